The van der Waals surface area contributed by atoms with Gasteiger partial charge in [-0.3, -0.25) is 16.0 Å². The van der Waals surface area contributed by atoms with Crippen molar-refractivity contribution in [1.82, 2.24) is 15.2 Å². The smallest absolute Gasteiger partial charge is 0.0640 e. The van der Waals surface area contributed by atoms with Crippen LogP contribution < -0.4 is 11.3 Å². The summed E-state index contributed by atoms with van der Waals surface area (Å²) in [4.78, 5) is 1.54. The van der Waals surface area contributed by atoms with Gasteiger partial charge in [-0.2, -0.15) is 5.10 Å². The second-order valence-electron chi connectivity index (χ2n) is 5.26. The Morgan fingerprint density at radius 1 is 1.58 bits per heavy atom. The molecule has 2 unspecified atom stereocenters. The first kappa shape index (κ1) is 12.8. The predicted octanol–water partition coefficient (Wildman–Crippen LogP) is 1.98. The van der Waals surface area contributed by atoms with E-state index in [4.69, 9.17) is 5.84 Å². The van der Waals surface area contributed by atoms with Crippen molar-refractivity contribution in [3.8, 4) is 0 Å². The molecule has 0 aromatic carbocycles. The zero-order chi connectivity index (χ0) is 13.2. The van der Waals surface area contributed by atoms with E-state index in [1.54, 1.807) is 0 Å². The quantitative estimate of drug-likeness (QED) is 0.663. The van der Waals surface area contributed by atoms with Crippen LogP contribution in [-0.2, 0) is 19.9 Å². The highest BCUT2D eigenvalue weighted by Gasteiger charge is 2.28. The van der Waals surface area contributed by atoms with Gasteiger partial charge in [-0.05, 0) is 42.3 Å². The molecule has 0 aliphatic heterocycles. The third-order valence-corrected chi connectivity index (χ3v) is 4.99. The molecule has 0 saturated carbocycles. The lowest BCUT2D eigenvalue weighted by Gasteiger charge is -2.29. The topological polar surface area (TPSA) is 55.9 Å². The molecule has 4 nitrogen and oxygen atoms in total. The fourth-order valence-electron chi connectivity index (χ4n) is 3.05. The number of nitrogens with two attached hydrogens (primary N) is 1. The first-order chi connectivity index (χ1) is 9.28. The standard InChI is InChI=1S/C14H20N4S/c1-18-7-5-10(17-18)9-13(16-15)11-3-2-4-14-12(11)6-8-19-14/h5-8,11,13,16H,2-4,9,15H2,1H3. The van der Waals surface area contributed by atoms with Crippen LogP contribution in [0.3, 0.4) is 0 Å². The van der Waals surface area contributed by atoms with Crippen molar-refractivity contribution < 1.29 is 0 Å². The van der Waals surface area contributed by atoms with E-state index in [1.165, 1.54) is 29.7 Å². The summed E-state index contributed by atoms with van der Waals surface area (Å²) in [5.74, 6) is 6.32. The normalized spacial score (nSPS) is 20.2. The van der Waals surface area contributed by atoms with Gasteiger partial charge >= 0.3 is 0 Å². The molecule has 102 valence electrons. The summed E-state index contributed by atoms with van der Waals surface area (Å²) >= 11 is 1.88. The van der Waals surface area contributed by atoms with Crippen molar-refractivity contribution in [2.75, 3.05) is 0 Å². The maximum Gasteiger partial charge on any atom is 0.0640 e. The second kappa shape index (κ2) is 5.45. The molecule has 1 aliphatic rings. The summed E-state index contributed by atoms with van der Waals surface area (Å²) in [5.41, 5.74) is 5.62. The van der Waals surface area contributed by atoms with E-state index < -0.39 is 0 Å². The highest BCUT2D eigenvalue weighted by atomic mass is 32.1. The molecule has 2 aromatic rings. The summed E-state index contributed by atoms with van der Waals surface area (Å²) in [7, 11) is 1.95. The van der Waals surface area contributed by atoms with Crippen LogP contribution in [0, 0.1) is 0 Å². The molecular formula is C14H20N4S. The number of rotatable bonds is 4. The molecule has 3 N–H and O–H groups in total. The lowest BCUT2D eigenvalue weighted by molar-refractivity contribution is 0.394. The lowest BCUT2D eigenvalue weighted by atomic mass is 9.81. The summed E-state index contributed by atoms with van der Waals surface area (Å²) in [6, 6.07) is 4.61. The van der Waals surface area contributed by atoms with Gasteiger partial charge in [-0.15, -0.1) is 11.3 Å². The van der Waals surface area contributed by atoms with Crippen LogP contribution in [0.4, 0.5) is 0 Å². The third kappa shape index (κ3) is 2.59. The summed E-state index contributed by atoms with van der Waals surface area (Å²) < 4.78 is 1.85. The van der Waals surface area contributed by atoms with Crippen molar-refractivity contribution in [3.63, 3.8) is 0 Å². The van der Waals surface area contributed by atoms with Gasteiger partial charge in [-0.25, -0.2) is 0 Å². The maximum atomic E-state index is 5.80. The van der Waals surface area contributed by atoms with Gasteiger partial charge < -0.3 is 0 Å². The van der Waals surface area contributed by atoms with E-state index >= 15 is 0 Å². The zero-order valence-electron chi connectivity index (χ0n) is 11.2. The molecule has 2 aromatic heterocycles. The number of thiophene rings is 1. The van der Waals surface area contributed by atoms with Crippen LogP contribution in [0.1, 0.15) is 34.9 Å². The number of aromatic nitrogens is 2. The monoisotopic (exact) mass is 276 g/mol. The number of nitrogens with one attached hydrogen (secondary N) is 1. The first-order valence-electron chi connectivity index (χ1n) is 6.79. The Morgan fingerprint density at radius 2 is 2.47 bits per heavy atom. The molecular weight excluding hydrogens is 256 g/mol. The molecule has 2 heterocycles. The Hall–Kier alpha value is -1.17. The first-order valence-corrected chi connectivity index (χ1v) is 7.67. The predicted molar refractivity (Wildman–Crippen MR) is 78.0 cm³/mol. The molecule has 19 heavy (non-hydrogen) atoms. The summed E-state index contributed by atoms with van der Waals surface area (Å²) in [5, 5.41) is 6.67. The van der Waals surface area contributed by atoms with Crippen LogP contribution >= 0.6 is 11.3 Å². The molecule has 0 amide bonds. The van der Waals surface area contributed by atoms with Crippen LogP contribution in [-0.4, -0.2) is 15.8 Å². The van der Waals surface area contributed by atoms with Gasteiger partial charge in [0.2, 0.25) is 0 Å². The van der Waals surface area contributed by atoms with Crippen molar-refractivity contribution >= 4 is 11.3 Å². The fraction of sp³-hybridized carbons (Fsp3) is 0.500. The Bertz CT molecular complexity index is 545. The van der Waals surface area contributed by atoms with Crippen LogP contribution in [0.15, 0.2) is 23.7 Å². The number of nitrogens with zero attached hydrogens (tertiary/aromatic N) is 2. The molecule has 0 saturated heterocycles. The Balaban J connectivity index is 1.80. The van der Waals surface area contributed by atoms with Gasteiger partial charge in [0.15, 0.2) is 0 Å². The average molecular weight is 276 g/mol. The van der Waals surface area contributed by atoms with Gasteiger partial charge in [-0.1, -0.05) is 0 Å². The van der Waals surface area contributed by atoms with E-state index in [1.807, 2.05) is 29.3 Å². The van der Waals surface area contributed by atoms with Crippen molar-refractivity contribution in [3.05, 3.63) is 39.8 Å². The number of fused-ring (bicyclic) bond motifs is 1. The minimum absolute atomic E-state index is 0.267. The molecule has 3 rings (SSSR count). The molecule has 0 radical (unpaired) electrons. The van der Waals surface area contributed by atoms with Gasteiger partial charge in [0.05, 0.1) is 5.69 Å². The van der Waals surface area contributed by atoms with Crippen molar-refractivity contribution in [1.29, 1.82) is 0 Å². The van der Waals surface area contributed by atoms with E-state index in [9.17, 15) is 0 Å². The molecule has 0 fully saturated rings. The Labute approximate surface area is 117 Å². The third-order valence-electron chi connectivity index (χ3n) is 4.00. The van der Waals surface area contributed by atoms with Crippen molar-refractivity contribution in [2.24, 2.45) is 12.9 Å². The highest BCUT2D eigenvalue weighted by molar-refractivity contribution is 7.10. The molecule has 2 atom stereocenters. The zero-order valence-corrected chi connectivity index (χ0v) is 12.0. The van der Waals surface area contributed by atoms with E-state index in [0.717, 1.165) is 12.1 Å². The van der Waals surface area contributed by atoms with Crippen molar-refractivity contribution in [2.45, 2.75) is 37.6 Å². The molecule has 0 bridgehead atoms. The Morgan fingerprint density at radius 3 is 3.21 bits per heavy atom. The minimum atomic E-state index is 0.267. The average Bonchev–Trinajstić information content (AvgIpc) is 3.04. The maximum absolute atomic E-state index is 5.80. The highest BCUT2D eigenvalue weighted by Crippen LogP contribution is 2.37. The second-order valence-corrected chi connectivity index (χ2v) is 6.26. The van der Waals surface area contributed by atoms with Crippen LogP contribution in [0.25, 0.3) is 0 Å². The fourth-order valence-corrected chi connectivity index (χ4v) is 4.05. The van der Waals surface area contributed by atoms with Gasteiger partial charge in [0, 0.05) is 36.5 Å². The molecule has 5 heteroatoms. The number of hydrazine groups is 1. The number of hydrogen-bond acceptors (Lipinski definition) is 4. The largest absolute Gasteiger partial charge is 0.276 e. The lowest BCUT2D eigenvalue weighted by Crippen LogP contribution is -2.42. The van der Waals surface area contributed by atoms with Gasteiger partial charge in [0.25, 0.3) is 0 Å². The van der Waals surface area contributed by atoms with Crippen LogP contribution in [0.2, 0.25) is 0 Å². The number of hydrogen-bond donors (Lipinski definition) is 2. The van der Waals surface area contributed by atoms with Crippen LogP contribution in [0.5, 0.6) is 0 Å². The SMILES string of the molecule is Cn1ccc(CC(NN)C2CCCc3sccc32)n1. The summed E-state index contributed by atoms with van der Waals surface area (Å²) in [6.45, 7) is 0. The Kier molecular flexibility index (Phi) is 3.68. The van der Waals surface area contributed by atoms with Gasteiger partial charge in [0.1, 0.15) is 0 Å². The van der Waals surface area contributed by atoms with E-state index in [0.29, 0.717) is 5.92 Å². The summed E-state index contributed by atoms with van der Waals surface area (Å²) in [6.07, 6.45) is 6.57. The van der Waals surface area contributed by atoms with E-state index in [2.05, 4.69) is 28.0 Å². The van der Waals surface area contributed by atoms with E-state index in [-0.39, 0.29) is 6.04 Å². The molecule has 1 aliphatic carbocycles. The number of aryl methyl sites for hydroxylation is 2. The minimum Gasteiger partial charge on any atom is -0.276 e. The molecule has 0 spiro atoms.